The second-order valence-corrected chi connectivity index (χ2v) is 8.17. The van der Waals surface area contributed by atoms with E-state index in [1.807, 2.05) is 6.07 Å². The molecule has 1 amide bonds. The molecule has 0 aliphatic carbocycles. The summed E-state index contributed by atoms with van der Waals surface area (Å²) >= 11 is 0. The number of hydrogen-bond acceptors (Lipinski definition) is 7. The van der Waals surface area contributed by atoms with Gasteiger partial charge in [-0.25, -0.2) is 8.42 Å². The highest BCUT2D eigenvalue weighted by Crippen LogP contribution is 2.10. The maximum atomic E-state index is 12.3. The van der Waals surface area contributed by atoms with Crippen molar-refractivity contribution >= 4 is 33.8 Å². The van der Waals surface area contributed by atoms with Crippen molar-refractivity contribution in [1.82, 2.24) is 9.88 Å². The molecule has 2 N–H and O–H groups in total. The molecule has 0 spiro atoms. The number of nitrogens with one attached hydrogen (secondary N) is 2. The van der Waals surface area contributed by atoms with Gasteiger partial charge < -0.3 is 14.6 Å². The van der Waals surface area contributed by atoms with Crippen LogP contribution in [0.3, 0.4) is 0 Å². The summed E-state index contributed by atoms with van der Waals surface area (Å²) in [6.45, 7) is 4.39. The summed E-state index contributed by atoms with van der Waals surface area (Å²) in [6, 6.07) is 9.21. The molecule has 156 valence electrons. The monoisotopic (exact) mass is 421 g/mol. The van der Waals surface area contributed by atoms with E-state index in [9.17, 15) is 18.0 Å². The Kier molecular flexibility index (Phi) is 7.68. The van der Waals surface area contributed by atoms with Crippen molar-refractivity contribution in [2.45, 2.75) is 26.8 Å². The summed E-state index contributed by atoms with van der Waals surface area (Å²) in [4.78, 5) is 24.2. The van der Waals surface area contributed by atoms with Crippen LogP contribution in [0.4, 0.5) is 5.82 Å². The molecule has 1 aromatic carbocycles. The molecule has 2 aromatic rings. The largest absolute Gasteiger partial charge is 0.454 e. The fourth-order valence-corrected chi connectivity index (χ4v) is 3.37. The molecule has 0 aliphatic rings. The number of carbonyl (C=O) groups is 2. The lowest BCUT2D eigenvalue weighted by atomic mass is 10.1. The zero-order valence-corrected chi connectivity index (χ0v) is 17.1. The second-order valence-electron chi connectivity index (χ2n) is 6.58. The van der Waals surface area contributed by atoms with E-state index in [4.69, 9.17) is 9.26 Å². The molecule has 9 nitrogen and oxygen atoms in total. The van der Waals surface area contributed by atoms with E-state index in [-0.39, 0.29) is 5.82 Å². The maximum absolute atomic E-state index is 12.3. The van der Waals surface area contributed by atoms with Gasteiger partial charge in [0, 0.05) is 11.5 Å². The highest BCUT2D eigenvalue weighted by molar-refractivity contribution is 7.92. The number of benzene rings is 1. The van der Waals surface area contributed by atoms with E-state index in [2.05, 4.69) is 15.2 Å². The molecule has 0 radical (unpaired) electrons. The van der Waals surface area contributed by atoms with E-state index >= 15 is 0 Å². The van der Waals surface area contributed by atoms with Crippen LogP contribution in [-0.4, -0.2) is 38.1 Å². The van der Waals surface area contributed by atoms with Crippen molar-refractivity contribution < 1.29 is 27.3 Å². The van der Waals surface area contributed by atoms with Gasteiger partial charge in [0.05, 0.1) is 0 Å². The van der Waals surface area contributed by atoms with Crippen LogP contribution >= 0.6 is 0 Å². The molecule has 1 aromatic heterocycles. The summed E-state index contributed by atoms with van der Waals surface area (Å²) in [5.74, 6) is -1.18. The molecular weight excluding hydrogens is 398 g/mol. The maximum Gasteiger partial charge on any atom is 0.324 e. The summed E-state index contributed by atoms with van der Waals surface area (Å²) in [5, 5.41) is 6.97. The Bertz CT molecular complexity index is 967. The quantitative estimate of drug-likeness (QED) is 0.593. The molecule has 29 heavy (non-hydrogen) atoms. The lowest BCUT2D eigenvalue weighted by Gasteiger charge is -2.19. The van der Waals surface area contributed by atoms with Crippen molar-refractivity contribution in [1.29, 1.82) is 0 Å². The van der Waals surface area contributed by atoms with Gasteiger partial charge in [-0.15, -0.1) is 0 Å². The Labute approximate surface area is 169 Å². The Morgan fingerprint density at radius 3 is 2.52 bits per heavy atom. The first-order valence-electron chi connectivity index (χ1n) is 8.81. The molecule has 0 unspecified atom stereocenters. The lowest BCUT2D eigenvalue weighted by molar-refractivity contribution is -0.150. The Morgan fingerprint density at radius 1 is 1.24 bits per heavy atom. The average molecular weight is 421 g/mol. The van der Waals surface area contributed by atoms with Gasteiger partial charge in [0.15, 0.2) is 12.4 Å². The number of amides is 1. The average Bonchev–Trinajstić information content (AvgIpc) is 3.08. The van der Waals surface area contributed by atoms with Crippen LogP contribution in [0.15, 0.2) is 46.3 Å². The zero-order chi connectivity index (χ0) is 21.4. The van der Waals surface area contributed by atoms with E-state index in [0.29, 0.717) is 11.3 Å². The number of anilines is 1. The number of esters is 1. The minimum atomic E-state index is -3.91. The van der Waals surface area contributed by atoms with E-state index < -0.39 is 40.5 Å². The van der Waals surface area contributed by atoms with Crippen molar-refractivity contribution in [2.24, 2.45) is 5.92 Å². The molecule has 10 heteroatoms. The molecule has 0 saturated heterocycles. The molecule has 1 atom stereocenters. The molecule has 1 heterocycles. The van der Waals surface area contributed by atoms with Gasteiger partial charge in [-0.1, -0.05) is 49.3 Å². The second kappa shape index (κ2) is 9.99. The third kappa shape index (κ3) is 7.51. The van der Waals surface area contributed by atoms with Crippen LogP contribution in [0.25, 0.3) is 6.08 Å². The van der Waals surface area contributed by atoms with Crippen molar-refractivity contribution in [3.8, 4) is 0 Å². The van der Waals surface area contributed by atoms with Crippen molar-refractivity contribution in [3.63, 3.8) is 0 Å². The first-order valence-corrected chi connectivity index (χ1v) is 10.4. The van der Waals surface area contributed by atoms with E-state index in [1.54, 1.807) is 45.0 Å². The number of rotatable bonds is 9. The number of carbonyl (C=O) groups excluding carboxylic acids is 2. The van der Waals surface area contributed by atoms with Gasteiger partial charge in [0.1, 0.15) is 11.8 Å². The van der Waals surface area contributed by atoms with Crippen LogP contribution in [0.5, 0.6) is 0 Å². The lowest BCUT2D eigenvalue weighted by Crippen LogP contribution is -2.45. The third-order valence-corrected chi connectivity index (χ3v) is 4.77. The van der Waals surface area contributed by atoms with Crippen LogP contribution in [-0.2, 0) is 24.3 Å². The summed E-state index contributed by atoms with van der Waals surface area (Å²) in [5.41, 5.74) is 0.696. The smallest absolute Gasteiger partial charge is 0.324 e. The molecular formula is C19H23N3O6S. The van der Waals surface area contributed by atoms with Gasteiger partial charge in [0.25, 0.3) is 5.91 Å². The van der Waals surface area contributed by atoms with Crippen LogP contribution < -0.4 is 10.0 Å². The predicted molar refractivity (Wildman–Crippen MR) is 107 cm³/mol. The number of ether oxygens (including phenoxy) is 1. The normalized spacial score (nSPS) is 12.8. The fourth-order valence-electron chi connectivity index (χ4n) is 2.24. The number of aryl methyl sites for hydroxylation is 1. The molecule has 2 rings (SSSR count). The minimum Gasteiger partial charge on any atom is -0.454 e. The SMILES string of the molecule is Cc1cc(NC(=O)COC(=O)[C@H](NS(=O)(=O)/C=C/c2ccccc2)C(C)C)no1. The standard InChI is InChI=1S/C19H23N3O6S/c1-13(2)18(22-29(25,26)10-9-15-7-5-4-6-8-15)19(24)27-12-17(23)20-16-11-14(3)28-21-16/h4-11,13,18,22H,12H2,1-3H3,(H,20,21,23)/b10-9+/t18-/m1/s1. The Balaban J connectivity index is 1.94. The zero-order valence-electron chi connectivity index (χ0n) is 16.3. The van der Waals surface area contributed by atoms with Gasteiger partial charge in [0.2, 0.25) is 10.0 Å². The van der Waals surface area contributed by atoms with E-state index in [1.165, 1.54) is 12.1 Å². The van der Waals surface area contributed by atoms with E-state index in [0.717, 1.165) is 5.41 Å². The Morgan fingerprint density at radius 2 is 1.93 bits per heavy atom. The molecule has 0 aliphatic heterocycles. The first-order chi connectivity index (χ1) is 13.7. The predicted octanol–water partition coefficient (Wildman–Crippen LogP) is 2.08. The van der Waals surface area contributed by atoms with Crippen molar-refractivity contribution in [2.75, 3.05) is 11.9 Å². The third-order valence-electron chi connectivity index (χ3n) is 3.69. The summed E-state index contributed by atoms with van der Waals surface area (Å²) in [6.07, 6.45) is 1.42. The van der Waals surface area contributed by atoms with Gasteiger partial charge >= 0.3 is 5.97 Å². The number of sulfonamides is 1. The molecule has 0 fully saturated rings. The highest BCUT2D eigenvalue weighted by atomic mass is 32.2. The Hall–Kier alpha value is -2.98. The molecule has 0 saturated carbocycles. The minimum absolute atomic E-state index is 0.190. The number of aromatic nitrogens is 1. The van der Waals surface area contributed by atoms with Crippen LogP contribution in [0.1, 0.15) is 25.2 Å². The van der Waals surface area contributed by atoms with Gasteiger partial charge in [-0.2, -0.15) is 4.72 Å². The first kappa shape index (κ1) is 22.3. The van der Waals surface area contributed by atoms with Gasteiger partial charge in [-0.05, 0) is 24.5 Å². The van der Waals surface area contributed by atoms with Crippen molar-refractivity contribution in [3.05, 3.63) is 53.1 Å². The summed E-state index contributed by atoms with van der Waals surface area (Å²) < 4.78 is 36.7. The van der Waals surface area contributed by atoms with Crippen LogP contribution in [0, 0.1) is 12.8 Å². The highest BCUT2D eigenvalue weighted by Gasteiger charge is 2.28. The number of hydrogen-bond donors (Lipinski definition) is 2. The summed E-state index contributed by atoms with van der Waals surface area (Å²) in [7, 11) is -3.91. The van der Waals surface area contributed by atoms with Crippen LogP contribution in [0.2, 0.25) is 0 Å². The number of nitrogens with zero attached hydrogens (tertiary/aromatic N) is 1. The topological polar surface area (TPSA) is 128 Å². The fraction of sp³-hybridized carbons (Fsp3) is 0.316. The molecule has 0 bridgehead atoms. The van der Waals surface area contributed by atoms with Gasteiger partial charge in [-0.3, -0.25) is 9.59 Å².